The molecule has 0 atom stereocenters. The first-order chi connectivity index (χ1) is 7.54. The Bertz CT molecular complexity index is 477. The zero-order valence-electron chi connectivity index (χ0n) is 8.24. The third kappa shape index (κ3) is 3.01. The van der Waals surface area contributed by atoms with Gasteiger partial charge in [-0.15, -0.1) is 0 Å². The van der Waals surface area contributed by atoms with E-state index >= 15 is 0 Å². The molecule has 0 bridgehead atoms. The van der Waals surface area contributed by atoms with Crippen molar-refractivity contribution in [3.63, 3.8) is 0 Å². The molecule has 0 saturated heterocycles. The second kappa shape index (κ2) is 5.19. The molecule has 4 nitrogen and oxygen atoms in total. The van der Waals surface area contributed by atoms with Gasteiger partial charge in [0.25, 0.3) is 0 Å². The highest BCUT2D eigenvalue weighted by atomic mass is 35.5. The van der Waals surface area contributed by atoms with Gasteiger partial charge in [-0.2, -0.15) is 5.26 Å². The van der Waals surface area contributed by atoms with Gasteiger partial charge in [-0.05, 0) is 12.1 Å². The highest BCUT2D eigenvalue weighted by molar-refractivity contribution is 6.31. The third-order valence-electron chi connectivity index (χ3n) is 1.78. The van der Waals surface area contributed by atoms with E-state index in [0.717, 1.165) is 0 Å². The molecule has 0 aliphatic rings. The summed E-state index contributed by atoms with van der Waals surface area (Å²) in [6.07, 6.45) is 0. The molecule has 0 amide bonds. The summed E-state index contributed by atoms with van der Waals surface area (Å²) in [6, 6.07) is 6.40. The Kier molecular flexibility index (Phi) is 3.92. The number of rotatable bonds is 4. The van der Waals surface area contributed by atoms with Crippen LogP contribution in [-0.4, -0.2) is 17.7 Å². The SMILES string of the molecule is C=C(COc1ccc(C#N)c(Cl)c1)C(=O)O. The summed E-state index contributed by atoms with van der Waals surface area (Å²) >= 11 is 5.77. The first-order valence-electron chi connectivity index (χ1n) is 4.28. The van der Waals surface area contributed by atoms with Gasteiger partial charge in [0.15, 0.2) is 0 Å². The van der Waals surface area contributed by atoms with Crippen molar-refractivity contribution < 1.29 is 14.6 Å². The molecule has 82 valence electrons. The number of nitriles is 1. The van der Waals surface area contributed by atoms with Crippen molar-refractivity contribution in [2.45, 2.75) is 0 Å². The summed E-state index contributed by atoms with van der Waals surface area (Å²) in [4.78, 5) is 10.4. The van der Waals surface area contributed by atoms with Gasteiger partial charge >= 0.3 is 5.97 Å². The van der Waals surface area contributed by atoms with Crippen molar-refractivity contribution >= 4 is 17.6 Å². The van der Waals surface area contributed by atoms with E-state index < -0.39 is 5.97 Å². The molecular formula is C11H8ClNO3. The van der Waals surface area contributed by atoms with Crippen LogP contribution in [0.1, 0.15) is 5.56 Å². The van der Waals surface area contributed by atoms with Crippen LogP contribution in [0.15, 0.2) is 30.4 Å². The lowest BCUT2D eigenvalue weighted by molar-refractivity contribution is -0.133. The molecule has 0 radical (unpaired) electrons. The number of carboxylic acids is 1. The molecular weight excluding hydrogens is 230 g/mol. The smallest absolute Gasteiger partial charge is 0.334 e. The summed E-state index contributed by atoms with van der Waals surface area (Å²) in [5.41, 5.74) is 0.284. The Morgan fingerprint density at radius 1 is 1.62 bits per heavy atom. The molecule has 0 fully saturated rings. The van der Waals surface area contributed by atoms with E-state index in [1.54, 1.807) is 6.07 Å². The Balaban J connectivity index is 2.70. The Morgan fingerprint density at radius 2 is 2.31 bits per heavy atom. The fourth-order valence-electron chi connectivity index (χ4n) is 0.908. The van der Waals surface area contributed by atoms with Crippen molar-refractivity contribution in [3.05, 3.63) is 40.9 Å². The van der Waals surface area contributed by atoms with Crippen molar-refractivity contribution in [2.24, 2.45) is 0 Å². The van der Waals surface area contributed by atoms with Crippen LogP contribution in [0.4, 0.5) is 0 Å². The predicted octanol–water partition coefficient (Wildman–Crippen LogP) is 2.23. The number of nitrogens with zero attached hydrogens (tertiary/aromatic N) is 1. The lowest BCUT2D eigenvalue weighted by Gasteiger charge is -2.06. The van der Waals surface area contributed by atoms with E-state index in [2.05, 4.69) is 6.58 Å². The highest BCUT2D eigenvalue weighted by Gasteiger charge is 2.06. The van der Waals surface area contributed by atoms with Crippen molar-refractivity contribution in [3.8, 4) is 11.8 Å². The zero-order chi connectivity index (χ0) is 12.1. The van der Waals surface area contributed by atoms with Gasteiger partial charge in [0.1, 0.15) is 18.4 Å². The average molecular weight is 238 g/mol. The number of carbonyl (C=O) groups is 1. The average Bonchev–Trinajstić information content (AvgIpc) is 2.25. The maximum atomic E-state index is 10.4. The summed E-state index contributed by atoms with van der Waals surface area (Å²) in [7, 11) is 0. The maximum Gasteiger partial charge on any atom is 0.334 e. The van der Waals surface area contributed by atoms with Crippen LogP contribution in [0.3, 0.4) is 0 Å². The van der Waals surface area contributed by atoms with Gasteiger partial charge in [0, 0.05) is 6.07 Å². The van der Waals surface area contributed by atoms with E-state index in [0.29, 0.717) is 11.3 Å². The molecule has 1 aromatic rings. The monoisotopic (exact) mass is 237 g/mol. The van der Waals surface area contributed by atoms with Crippen LogP contribution in [0.2, 0.25) is 5.02 Å². The van der Waals surface area contributed by atoms with Gasteiger partial charge < -0.3 is 9.84 Å². The molecule has 0 spiro atoms. The lowest BCUT2D eigenvalue weighted by atomic mass is 10.2. The van der Waals surface area contributed by atoms with E-state index in [1.807, 2.05) is 6.07 Å². The molecule has 0 aromatic heterocycles. The molecule has 1 N–H and O–H groups in total. The highest BCUT2D eigenvalue weighted by Crippen LogP contribution is 2.22. The van der Waals surface area contributed by atoms with Crippen molar-refractivity contribution in [2.75, 3.05) is 6.61 Å². The van der Waals surface area contributed by atoms with E-state index in [4.69, 9.17) is 26.7 Å². The number of carboxylic acid groups (broad SMARTS) is 1. The maximum absolute atomic E-state index is 10.4. The van der Waals surface area contributed by atoms with Gasteiger partial charge in [-0.3, -0.25) is 0 Å². The van der Waals surface area contributed by atoms with E-state index in [-0.39, 0.29) is 17.2 Å². The number of benzene rings is 1. The first kappa shape index (κ1) is 12.1. The summed E-state index contributed by atoms with van der Waals surface area (Å²) in [5.74, 6) is -0.717. The molecule has 1 aromatic carbocycles. The minimum atomic E-state index is -1.11. The second-order valence-electron chi connectivity index (χ2n) is 2.95. The van der Waals surface area contributed by atoms with Crippen molar-refractivity contribution in [1.29, 1.82) is 5.26 Å². The number of hydrogen-bond donors (Lipinski definition) is 1. The normalized spacial score (nSPS) is 9.25. The Morgan fingerprint density at radius 3 is 2.81 bits per heavy atom. The number of halogens is 1. The zero-order valence-corrected chi connectivity index (χ0v) is 8.99. The van der Waals surface area contributed by atoms with Crippen LogP contribution < -0.4 is 4.74 Å². The van der Waals surface area contributed by atoms with Crippen LogP contribution in [-0.2, 0) is 4.79 Å². The van der Waals surface area contributed by atoms with E-state index in [1.165, 1.54) is 12.1 Å². The quantitative estimate of drug-likeness (QED) is 0.816. The van der Waals surface area contributed by atoms with Crippen LogP contribution >= 0.6 is 11.6 Å². The second-order valence-corrected chi connectivity index (χ2v) is 3.36. The number of hydrogen-bond acceptors (Lipinski definition) is 3. The van der Waals surface area contributed by atoms with Gasteiger partial charge in [0.2, 0.25) is 0 Å². The summed E-state index contributed by atoms with van der Waals surface area (Å²) in [6.45, 7) is 3.19. The van der Waals surface area contributed by atoms with Gasteiger partial charge in [0.05, 0.1) is 16.2 Å². The van der Waals surface area contributed by atoms with Gasteiger partial charge in [-0.25, -0.2) is 4.79 Å². The predicted molar refractivity (Wildman–Crippen MR) is 58.4 cm³/mol. The Hall–Kier alpha value is -1.99. The topological polar surface area (TPSA) is 70.3 Å². The van der Waals surface area contributed by atoms with Gasteiger partial charge in [-0.1, -0.05) is 18.2 Å². The Labute approximate surface area is 97.3 Å². The minimum absolute atomic E-state index is 0.0551. The molecule has 1 rings (SSSR count). The number of aliphatic carboxylic acids is 1. The summed E-state index contributed by atoms with van der Waals surface area (Å²) < 4.78 is 5.14. The fourth-order valence-corrected chi connectivity index (χ4v) is 1.12. The number of ether oxygens (including phenoxy) is 1. The summed E-state index contributed by atoms with van der Waals surface area (Å²) in [5, 5.41) is 17.4. The van der Waals surface area contributed by atoms with Crippen LogP contribution in [0, 0.1) is 11.3 Å². The largest absolute Gasteiger partial charge is 0.489 e. The standard InChI is InChI=1S/C11H8ClNO3/c1-7(11(14)15)6-16-9-3-2-8(5-13)10(12)4-9/h2-4H,1,6H2,(H,14,15). The van der Waals surface area contributed by atoms with Crippen LogP contribution in [0.5, 0.6) is 5.75 Å². The fraction of sp³-hybridized carbons (Fsp3) is 0.0909. The molecule has 0 unspecified atom stereocenters. The molecule has 16 heavy (non-hydrogen) atoms. The lowest BCUT2D eigenvalue weighted by Crippen LogP contribution is -2.08. The molecule has 5 heteroatoms. The third-order valence-corrected chi connectivity index (χ3v) is 2.09. The van der Waals surface area contributed by atoms with Crippen molar-refractivity contribution in [1.82, 2.24) is 0 Å². The van der Waals surface area contributed by atoms with E-state index in [9.17, 15) is 4.79 Å². The van der Waals surface area contributed by atoms with Crippen LogP contribution in [0.25, 0.3) is 0 Å². The molecule has 0 saturated carbocycles. The molecule has 0 heterocycles. The molecule has 0 aliphatic heterocycles. The molecule has 0 aliphatic carbocycles. The minimum Gasteiger partial charge on any atom is -0.489 e. The first-order valence-corrected chi connectivity index (χ1v) is 4.66.